The van der Waals surface area contributed by atoms with E-state index in [1.165, 1.54) is 6.20 Å². The minimum atomic E-state index is -0.525. The molecule has 0 aliphatic rings. The summed E-state index contributed by atoms with van der Waals surface area (Å²) in [6.45, 7) is 4.31. The third-order valence-corrected chi connectivity index (χ3v) is 2.98. The van der Waals surface area contributed by atoms with Crippen LogP contribution in [0.25, 0.3) is 0 Å². The van der Waals surface area contributed by atoms with Crippen LogP contribution in [0.15, 0.2) is 18.5 Å². The van der Waals surface area contributed by atoms with Gasteiger partial charge < -0.3 is 11.1 Å². The Hall–Kier alpha value is -0.910. The lowest BCUT2D eigenvalue weighted by Crippen LogP contribution is -2.49. The van der Waals surface area contributed by atoms with Gasteiger partial charge in [-0.1, -0.05) is 13.8 Å². The maximum atomic E-state index is 12.9. The van der Waals surface area contributed by atoms with Gasteiger partial charge in [-0.05, 0) is 18.9 Å². The van der Waals surface area contributed by atoms with E-state index >= 15 is 0 Å². The first-order valence-corrected chi connectivity index (χ1v) is 5.68. The van der Waals surface area contributed by atoms with E-state index < -0.39 is 11.4 Å². The van der Waals surface area contributed by atoms with E-state index in [0.29, 0.717) is 6.54 Å². The molecule has 0 aromatic carbocycles. The summed E-state index contributed by atoms with van der Waals surface area (Å²) in [5, 5.41) is 2.70. The van der Waals surface area contributed by atoms with Gasteiger partial charge in [-0.2, -0.15) is 0 Å². The third-order valence-electron chi connectivity index (χ3n) is 2.98. The second-order valence-corrected chi connectivity index (χ2v) is 4.14. The normalized spacial score (nSPS) is 10.1. The monoisotopic (exact) mass is 311 g/mol. The van der Waals surface area contributed by atoms with E-state index in [-0.39, 0.29) is 36.3 Å². The highest BCUT2D eigenvalue weighted by atomic mass is 35.5. The van der Waals surface area contributed by atoms with Gasteiger partial charge in [0.15, 0.2) is 0 Å². The number of carbonyl (C=O) groups is 1. The van der Waals surface area contributed by atoms with Crippen molar-refractivity contribution < 1.29 is 9.18 Å². The molecule has 4 nitrogen and oxygen atoms in total. The van der Waals surface area contributed by atoms with Crippen molar-refractivity contribution in [1.29, 1.82) is 0 Å². The molecule has 0 saturated heterocycles. The highest BCUT2D eigenvalue weighted by Crippen LogP contribution is 2.10. The Morgan fingerprint density at radius 3 is 2.42 bits per heavy atom. The predicted octanol–water partition coefficient (Wildman–Crippen LogP) is 2.31. The zero-order valence-electron chi connectivity index (χ0n) is 11.0. The lowest BCUT2D eigenvalue weighted by Gasteiger charge is -2.26. The van der Waals surface area contributed by atoms with Gasteiger partial charge in [0.1, 0.15) is 5.82 Å². The first-order chi connectivity index (χ1) is 8.00. The molecular weight excluding hydrogens is 292 g/mol. The summed E-state index contributed by atoms with van der Waals surface area (Å²) >= 11 is 0. The number of aromatic nitrogens is 1. The van der Waals surface area contributed by atoms with Crippen LogP contribution in [-0.2, 0) is 0 Å². The zero-order valence-corrected chi connectivity index (χ0v) is 12.6. The van der Waals surface area contributed by atoms with Crippen molar-refractivity contribution in [2.75, 3.05) is 6.54 Å². The summed E-state index contributed by atoms with van der Waals surface area (Å²) in [5.41, 5.74) is 5.85. The number of nitrogens with one attached hydrogen (secondary N) is 1. The minimum absolute atomic E-state index is 0. The maximum Gasteiger partial charge on any atom is 0.253 e. The number of hydrogen-bond acceptors (Lipinski definition) is 3. The molecule has 0 radical (unpaired) electrons. The molecule has 0 bridgehead atoms. The van der Waals surface area contributed by atoms with E-state index in [1.54, 1.807) is 0 Å². The van der Waals surface area contributed by atoms with Crippen molar-refractivity contribution in [3.63, 3.8) is 0 Å². The van der Waals surface area contributed by atoms with Crippen LogP contribution in [0.4, 0.5) is 4.39 Å². The number of nitrogens with zero attached hydrogens (tertiary/aromatic N) is 1. The Bertz CT molecular complexity index is 400. The lowest BCUT2D eigenvalue weighted by atomic mass is 9.94. The summed E-state index contributed by atoms with van der Waals surface area (Å²) in [6.07, 6.45) is 3.92. The molecule has 7 heteroatoms. The van der Waals surface area contributed by atoms with E-state index in [1.807, 2.05) is 13.8 Å². The molecule has 1 aromatic rings. The topological polar surface area (TPSA) is 68.0 Å². The molecule has 0 aliphatic carbocycles. The van der Waals surface area contributed by atoms with Crippen molar-refractivity contribution in [3.8, 4) is 0 Å². The lowest BCUT2D eigenvalue weighted by molar-refractivity contribution is 0.0941. The maximum absolute atomic E-state index is 12.9. The van der Waals surface area contributed by atoms with Gasteiger partial charge in [-0.25, -0.2) is 4.39 Å². The minimum Gasteiger partial charge on any atom is -0.350 e. The molecule has 1 heterocycles. The summed E-state index contributed by atoms with van der Waals surface area (Å²) in [7, 11) is 0. The highest BCUT2D eigenvalue weighted by molar-refractivity contribution is 5.93. The Morgan fingerprint density at radius 1 is 1.37 bits per heavy atom. The van der Waals surface area contributed by atoms with Gasteiger partial charge >= 0.3 is 0 Å². The number of amides is 1. The summed E-state index contributed by atoms with van der Waals surface area (Å²) < 4.78 is 12.9. The van der Waals surface area contributed by atoms with Crippen LogP contribution in [0, 0.1) is 5.82 Å². The van der Waals surface area contributed by atoms with Gasteiger partial charge in [-0.15, -0.1) is 24.8 Å². The molecule has 0 unspecified atom stereocenters. The summed E-state index contributed by atoms with van der Waals surface area (Å²) in [4.78, 5) is 15.3. The number of nitrogens with two attached hydrogens (primary N) is 1. The molecule has 0 aliphatic heterocycles. The third kappa shape index (κ3) is 6.18. The first-order valence-electron chi connectivity index (χ1n) is 5.68. The van der Waals surface area contributed by atoms with E-state index in [2.05, 4.69) is 10.3 Å². The zero-order chi connectivity index (χ0) is 12.9. The van der Waals surface area contributed by atoms with Gasteiger partial charge in [-0.3, -0.25) is 9.78 Å². The van der Waals surface area contributed by atoms with Crippen LogP contribution in [0.2, 0.25) is 0 Å². The van der Waals surface area contributed by atoms with Gasteiger partial charge in [0.2, 0.25) is 0 Å². The van der Waals surface area contributed by atoms with Crippen LogP contribution in [0.5, 0.6) is 0 Å². The van der Waals surface area contributed by atoms with Gasteiger partial charge in [0.25, 0.3) is 5.91 Å². The van der Waals surface area contributed by atoms with Crippen molar-refractivity contribution >= 4 is 30.7 Å². The second kappa shape index (κ2) is 9.07. The molecule has 0 atom stereocenters. The Morgan fingerprint density at radius 2 is 1.95 bits per heavy atom. The van der Waals surface area contributed by atoms with Crippen LogP contribution >= 0.6 is 24.8 Å². The second-order valence-electron chi connectivity index (χ2n) is 4.14. The molecule has 0 fully saturated rings. The fraction of sp³-hybridized carbons (Fsp3) is 0.500. The summed E-state index contributed by atoms with van der Waals surface area (Å²) in [6, 6.07) is 1.15. The Kier molecular flexibility index (Phi) is 9.74. The smallest absolute Gasteiger partial charge is 0.253 e. The average Bonchev–Trinajstić information content (AvgIpc) is 2.35. The van der Waals surface area contributed by atoms with Crippen LogP contribution in [0.1, 0.15) is 37.0 Å². The highest BCUT2D eigenvalue weighted by Gasteiger charge is 2.21. The molecule has 0 spiro atoms. The molecule has 1 rings (SSSR count). The predicted molar refractivity (Wildman–Crippen MR) is 78.5 cm³/mol. The fourth-order valence-corrected chi connectivity index (χ4v) is 1.39. The largest absolute Gasteiger partial charge is 0.350 e. The van der Waals surface area contributed by atoms with Crippen molar-refractivity contribution in [1.82, 2.24) is 10.3 Å². The molecule has 0 saturated carbocycles. The van der Waals surface area contributed by atoms with Crippen molar-refractivity contribution in [2.24, 2.45) is 5.73 Å². The van der Waals surface area contributed by atoms with Crippen LogP contribution in [0.3, 0.4) is 0 Å². The Balaban J connectivity index is 0. The SMILES string of the molecule is CCC(N)(CC)CNC(=O)c1cncc(F)c1.Cl.Cl. The van der Waals surface area contributed by atoms with E-state index in [9.17, 15) is 9.18 Å². The number of pyridine rings is 1. The Labute approximate surface area is 125 Å². The molecular formula is C12H20Cl2FN3O. The van der Waals surface area contributed by atoms with Crippen molar-refractivity contribution in [2.45, 2.75) is 32.2 Å². The molecule has 1 aromatic heterocycles. The number of halogens is 3. The quantitative estimate of drug-likeness (QED) is 0.877. The fourth-order valence-electron chi connectivity index (χ4n) is 1.39. The van der Waals surface area contributed by atoms with Crippen molar-refractivity contribution in [3.05, 3.63) is 29.8 Å². The average molecular weight is 312 g/mol. The molecule has 19 heavy (non-hydrogen) atoms. The molecule has 3 N–H and O–H groups in total. The number of carbonyl (C=O) groups excluding carboxylic acids is 1. The van der Waals surface area contributed by atoms with E-state index in [4.69, 9.17) is 5.73 Å². The molecule has 1 amide bonds. The van der Waals surface area contributed by atoms with E-state index in [0.717, 1.165) is 25.1 Å². The first kappa shape index (κ1) is 20.4. The number of hydrogen-bond donors (Lipinski definition) is 2. The number of rotatable bonds is 5. The van der Waals surface area contributed by atoms with Gasteiger partial charge in [0, 0.05) is 18.3 Å². The van der Waals surface area contributed by atoms with Crippen LogP contribution < -0.4 is 11.1 Å². The van der Waals surface area contributed by atoms with Gasteiger partial charge in [0.05, 0.1) is 11.8 Å². The standard InChI is InChI=1S/C12H18FN3O.2ClH/c1-3-12(14,4-2)8-16-11(17)9-5-10(13)7-15-6-9;;/h5-7H,3-4,8,14H2,1-2H3,(H,16,17);2*1H. The summed E-state index contributed by atoms with van der Waals surface area (Å²) in [5.74, 6) is -0.878. The van der Waals surface area contributed by atoms with Crippen LogP contribution in [-0.4, -0.2) is 23.0 Å². The molecule has 110 valence electrons.